The number of thiazole rings is 1. The fourth-order valence-corrected chi connectivity index (χ4v) is 4.26. The summed E-state index contributed by atoms with van der Waals surface area (Å²) in [5.41, 5.74) is 5.88. The van der Waals surface area contributed by atoms with E-state index in [4.69, 9.17) is 15.6 Å². The number of imide groups is 1. The molecule has 200 valence electrons. The van der Waals surface area contributed by atoms with E-state index in [1.807, 2.05) is 6.07 Å². The normalized spacial score (nSPS) is 15.2. The number of nitrogens with two attached hydrogens (primary N) is 1. The second-order valence-electron chi connectivity index (χ2n) is 7.86. The maximum absolute atomic E-state index is 13.3. The smallest absolute Gasteiger partial charge is 0.355 e. The second-order valence-corrected chi connectivity index (χ2v) is 8.72. The van der Waals surface area contributed by atoms with Gasteiger partial charge in [0, 0.05) is 18.9 Å². The number of anilines is 1. The van der Waals surface area contributed by atoms with E-state index in [1.54, 1.807) is 55.6 Å². The van der Waals surface area contributed by atoms with Crippen LogP contribution in [0.4, 0.5) is 9.93 Å². The summed E-state index contributed by atoms with van der Waals surface area (Å²) in [6.07, 6.45) is 0.0678. The summed E-state index contributed by atoms with van der Waals surface area (Å²) in [5, 5.41) is 15.6. The predicted octanol–water partition coefficient (Wildman–Crippen LogP) is 2.24. The molecule has 0 unspecified atom stereocenters. The molecule has 0 saturated carbocycles. The molecule has 1 aliphatic heterocycles. The van der Waals surface area contributed by atoms with Gasteiger partial charge in [0.25, 0.3) is 5.91 Å². The van der Waals surface area contributed by atoms with E-state index in [0.717, 1.165) is 21.8 Å². The van der Waals surface area contributed by atoms with Crippen LogP contribution in [-0.4, -0.2) is 65.8 Å². The number of methoxy groups -OCH3 is 2. The van der Waals surface area contributed by atoms with Crippen LogP contribution >= 0.6 is 11.3 Å². The molecule has 1 saturated heterocycles. The van der Waals surface area contributed by atoms with Gasteiger partial charge in [-0.25, -0.2) is 19.5 Å². The van der Waals surface area contributed by atoms with Crippen molar-refractivity contribution < 1.29 is 33.8 Å². The van der Waals surface area contributed by atoms with Crippen molar-refractivity contribution in [3.05, 3.63) is 76.8 Å². The summed E-state index contributed by atoms with van der Waals surface area (Å²) in [6.45, 7) is 0.319. The molecular weight excluding hydrogens is 514 g/mol. The largest absolute Gasteiger partial charge is 0.497 e. The lowest BCUT2D eigenvalue weighted by Gasteiger charge is -2.24. The van der Waals surface area contributed by atoms with E-state index in [0.29, 0.717) is 18.0 Å². The lowest BCUT2D eigenvalue weighted by molar-refractivity contribution is -0.134. The molecule has 4 rings (SSSR count). The lowest BCUT2D eigenvalue weighted by Crippen LogP contribution is -2.49. The maximum atomic E-state index is 13.3. The molecule has 5 N–H and O–H groups in total. The van der Waals surface area contributed by atoms with Crippen LogP contribution in [-0.2, 0) is 20.7 Å². The van der Waals surface area contributed by atoms with Gasteiger partial charge in [0.15, 0.2) is 10.8 Å². The summed E-state index contributed by atoms with van der Waals surface area (Å²) in [4.78, 5) is 55.2. The monoisotopic (exact) mass is 541 g/mol. The Morgan fingerprint density at radius 1 is 1.16 bits per heavy atom. The highest BCUT2D eigenvalue weighted by Crippen LogP contribution is 2.27. The third kappa shape index (κ3) is 6.91. The molecule has 1 aliphatic rings. The third-order valence-electron chi connectivity index (χ3n) is 5.43. The van der Waals surface area contributed by atoms with Gasteiger partial charge in [0.05, 0.1) is 13.8 Å². The number of amides is 4. The summed E-state index contributed by atoms with van der Waals surface area (Å²) in [6, 6.07) is 12.8. The van der Waals surface area contributed by atoms with Crippen LogP contribution in [0.25, 0.3) is 0 Å². The van der Waals surface area contributed by atoms with Crippen LogP contribution in [0, 0.1) is 0 Å². The van der Waals surface area contributed by atoms with Gasteiger partial charge < -0.3 is 30.9 Å². The van der Waals surface area contributed by atoms with Gasteiger partial charge in [-0.15, -0.1) is 11.3 Å². The zero-order valence-corrected chi connectivity index (χ0v) is 21.4. The number of aromatic nitrogens is 1. The molecule has 13 heteroatoms. The quantitative estimate of drug-likeness (QED) is 0.234. The van der Waals surface area contributed by atoms with Crippen molar-refractivity contribution in [2.24, 2.45) is 5.73 Å². The van der Waals surface area contributed by atoms with Crippen molar-refractivity contribution in [3.63, 3.8) is 0 Å². The molecule has 2 heterocycles. The van der Waals surface area contributed by atoms with E-state index in [9.17, 15) is 19.2 Å². The first-order valence-corrected chi connectivity index (χ1v) is 12.2. The highest BCUT2D eigenvalue weighted by atomic mass is 32.1. The molecule has 0 bridgehead atoms. The zero-order valence-electron chi connectivity index (χ0n) is 20.6. The highest BCUT2D eigenvalue weighted by Gasteiger charge is 2.45. The van der Waals surface area contributed by atoms with Crippen molar-refractivity contribution in [2.45, 2.75) is 18.5 Å². The summed E-state index contributed by atoms with van der Waals surface area (Å²) < 4.78 is 9.45. The van der Waals surface area contributed by atoms with Gasteiger partial charge in [-0.3, -0.25) is 9.59 Å². The Hall–Kier alpha value is -4.33. The Morgan fingerprint density at radius 3 is 2.37 bits per heavy atom. The Balaban J connectivity index is 0.000000934. The number of rotatable bonds is 9. The molecule has 4 amide bonds. The average Bonchev–Trinajstić information content (AvgIpc) is 3.52. The first-order chi connectivity index (χ1) is 18.3. The van der Waals surface area contributed by atoms with Crippen LogP contribution in [0.1, 0.15) is 27.7 Å². The van der Waals surface area contributed by atoms with E-state index >= 15 is 0 Å². The molecule has 2 atom stereocenters. The summed E-state index contributed by atoms with van der Waals surface area (Å²) in [7, 11) is 3.08. The number of nitrogens with zero attached hydrogens (tertiary/aromatic N) is 2. The first kappa shape index (κ1) is 28.2. The minimum absolute atomic E-state index is 0.0548. The van der Waals surface area contributed by atoms with Crippen molar-refractivity contribution in [3.8, 4) is 5.75 Å². The van der Waals surface area contributed by atoms with Crippen LogP contribution in [0.15, 0.2) is 60.0 Å². The van der Waals surface area contributed by atoms with Crippen molar-refractivity contribution in [1.29, 1.82) is 0 Å². The number of carbonyl (C=O) groups excluding carboxylic acids is 3. The second kappa shape index (κ2) is 13.3. The van der Waals surface area contributed by atoms with Gasteiger partial charge in [-0.1, -0.05) is 42.5 Å². The molecule has 0 aliphatic carbocycles. The van der Waals surface area contributed by atoms with Crippen molar-refractivity contribution in [1.82, 2.24) is 15.2 Å². The van der Waals surface area contributed by atoms with E-state index < -0.39 is 35.9 Å². The van der Waals surface area contributed by atoms with Crippen LogP contribution < -0.4 is 21.1 Å². The Morgan fingerprint density at radius 2 is 1.82 bits per heavy atom. The number of carboxylic acids is 1. The number of carboxylic acid groups (broad SMARTS) is 1. The Kier molecular flexibility index (Phi) is 9.87. The Labute approximate surface area is 222 Å². The maximum Gasteiger partial charge on any atom is 0.355 e. The fourth-order valence-electron chi connectivity index (χ4n) is 3.57. The molecule has 2 aromatic carbocycles. The number of ether oxygens (including phenoxy) is 2. The first-order valence-electron chi connectivity index (χ1n) is 11.3. The van der Waals surface area contributed by atoms with Crippen LogP contribution in [0.5, 0.6) is 5.75 Å². The third-order valence-corrected chi connectivity index (χ3v) is 6.18. The van der Waals surface area contributed by atoms with E-state index in [1.165, 1.54) is 12.5 Å². The highest BCUT2D eigenvalue weighted by molar-refractivity contribution is 7.14. The number of hydrogen-bond acceptors (Lipinski definition) is 9. The molecule has 12 nitrogen and oxygen atoms in total. The van der Waals surface area contributed by atoms with E-state index in [2.05, 4.69) is 20.4 Å². The van der Waals surface area contributed by atoms with Gasteiger partial charge in [0.1, 0.15) is 17.8 Å². The molecule has 3 aromatic rings. The minimum Gasteiger partial charge on any atom is -0.497 e. The van der Waals surface area contributed by atoms with Crippen molar-refractivity contribution in [2.75, 3.05) is 26.3 Å². The SMILES string of the molecule is COCN.COc1ccc([C@H]2NC(=O)N([C@@H](Cc3ccccc3)C(=O)Nc3nc(C(=O)O)cs3)C2=O)cc1. The molecule has 0 radical (unpaired) electrons. The molecule has 1 fully saturated rings. The molecular formula is C25H27N5O7S. The number of urea groups is 1. The average molecular weight is 542 g/mol. The standard InChI is InChI=1S/C23H20N4O6S.C2H7NO/c1-33-15-9-7-14(8-10-15)18-20(29)27(23(32)25-18)17(11-13-5-3-2-4-6-13)19(28)26-22-24-16(12-34-22)21(30)31;1-4-2-3/h2-10,12,17-18H,11H2,1H3,(H,25,32)(H,30,31)(H,24,26,28);2-3H2,1H3/t17-,18+;/m0./s1. The van der Waals surface area contributed by atoms with Gasteiger partial charge in [-0.2, -0.15) is 0 Å². The van der Waals surface area contributed by atoms with Gasteiger partial charge in [-0.05, 0) is 23.3 Å². The molecule has 1 aromatic heterocycles. The predicted molar refractivity (Wildman–Crippen MR) is 139 cm³/mol. The number of hydrogen-bond donors (Lipinski definition) is 4. The van der Waals surface area contributed by atoms with Crippen molar-refractivity contribution >= 4 is 40.3 Å². The number of benzene rings is 2. The summed E-state index contributed by atoms with van der Waals surface area (Å²) >= 11 is 0.935. The van der Waals surface area contributed by atoms with Crippen LogP contribution in [0.3, 0.4) is 0 Å². The van der Waals surface area contributed by atoms with Crippen LogP contribution in [0.2, 0.25) is 0 Å². The fraction of sp³-hybridized carbons (Fsp3) is 0.240. The molecule has 38 heavy (non-hydrogen) atoms. The number of nitrogens with one attached hydrogen (secondary N) is 2. The number of aromatic carboxylic acids is 1. The van der Waals surface area contributed by atoms with Gasteiger partial charge >= 0.3 is 12.0 Å². The number of carbonyl (C=O) groups is 4. The molecule has 0 spiro atoms. The van der Waals surface area contributed by atoms with E-state index in [-0.39, 0.29) is 17.2 Å². The van der Waals surface area contributed by atoms with Gasteiger partial charge in [0.2, 0.25) is 5.91 Å². The topological polar surface area (TPSA) is 173 Å². The Bertz CT molecular complexity index is 1260. The summed E-state index contributed by atoms with van der Waals surface area (Å²) in [5.74, 6) is -1.86. The lowest BCUT2D eigenvalue weighted by atomic mass is 10.0. The zero-order chi connectivity index (χ0) is 27.7. The minimum atomic E-state index is -1.23.